The Morgan fingerprint density at radius 2 is 1.72 bits per heavy atom. The molecule has 0 bridgehead atoms. The molecule has 0 atom stereocenters. The van der Waals surface area contributed by atoms with Crippen LogP contribution in [0.3, 0.4) is 0 Å². The van der Waals surface area contributed by atoms with Crippen LogP contribution in [0, 0.1) is 13.8 Å². The van der Waals surface area contributed by atoms with E-state index in [-0.39, 0.29) is 28.5 Å². The first-order valence-corrected chi connectivity index (χ1v) is 9.76. The van der Waals surface area contributed by atoms with Crippen molar-refractivity contribution in [2.45, 2.75) is 41.0 Å². The smallest absolute Gasteiger partial charge is 0.344 e. The Morgan fingerprint density at radius 3 is 2.31 bits per heavy atom. The zero-order valence-corrected chi connectivity index (χ0v) is 17.7. The highest BCUT2D eigenvalue weighted by Crippen LogP contribution is 2.34. The molecular formula is C19H22N2O7S. The zero-order valence-electron chi connectivity index (χ0n) is 16.8. The second-order valence-corrected chi connectivity index (χ2v) is 7.10. The molecule has 0 saturated heterocycles. The molecule has 2 aromatic heterocycles. The number of ketones is 1. The molecule has 0 fully saturated rings. The first-order valence-electron chi connectivity index (χ1n) is 8.94. The average molecular weight is 422 g/mol. The van der Waals surface area contributed by atoms with Gasteiger partial charge in [0, 0.05) is 0 Å². The number of carbonyl (C=O) groups is 4. The van der Waals surface area contributed by atoms with Gasteiger partial charge in [0.1, 0.15) is 16.3 Å². The molecule has 1 amide bonds. The fourth-order valence-corrected chi connectivity index (χ4v) is 3.78. The van der Waals surface area contributed by atoms with Crippen LogP contribution in [0.2, 0.25) is 0 Å². The maximum atomic E-state index is 12.3. The molecule has 0 aliphatic carbocycles. The Morgan fingerprint density at radius 1 is 1.07 bits per heavy atom. The lowest BCUT2D eigenvalue weighted by molar-refractivity contribution is -0.119. The SMILES string of the molecule is CCOC(=O)c1c(NC(=O)COC(=O)c2c(CC)noc2C)sc(C(C)=O)c1C. The Bertz CT molecular complexity index is 958. The van der Waals surface area contributed by atoms with Crippen LogP contribution in [-0.2, 0) is 20.7 Å². The van der Waals surface area contributed by atoms with Gasteiger partial charge in [-0.2, -0.15) is 0 Å². The van der Waals surface area contributed by atoms with E-state index < -0.39 is 24.5 Å². The van der Waals surface area contributed by atoms with Crippen molar-refractivity contribution in [1.82, 2.24) is 5.16 Å². The molecule has 9 nitrogen and oxygen atoms in total. The number of thiophene rings is 1. The number of nitrogens with one attached hydrogen (secondary N) is 1. The number of carbonyl (C=O) groups excluding carboxylic acids is 4. The molecule has 0 unspecified atom stereocenters. The van der Waals surface area contributed by atoms with Crippen molar-refractivity contribution in [1.29, 1.82) is 0 Å². The normalized spacial score (nSPS) is 10.5. The van der Waals surface area contributed by atoms with E-state index >= 15 is 0 Å². The van der Waals surface area contributed by atoms with E-state index in [1.54, 1.807) is 20.8 Å². The highest BCUT2D eigenvalue weighted by Gasteiger charge is 2.26. The summed E-state index contributed by atoms with van der Waals surface area (Å²) in [6.45, 7) is 7.58. The lowest BCUT2D eigenvalue weighted by Crippen LogP contribution is -2.22. The maximum absolute atomic E-state index is 12.3. The molecule has 156 valence electrons. The summed E-state index contributed by atoms with van der Waals surface area (Å²) >= 11 is 0.969. The van der Waals surface area contributed by atoms with Crippen LogP contribution in [0.1, 0.15) is 68.2 Å². The summed E-state index contributed by atoms with van der Waals surface area (Å²) in [7, 11) is 0. The van der Waals surface area contributed by atoms with Gasteiger partial charge in [-0.3, -0.25) is 9.59 Å². The predicted octanol–water partition coefficient (Wildman–Crippen LogP) is 3.09. The second kappa shape index (κ2) is 9.46. The second-order valence-electron chi connectivity index (χ2n) is 6.08. The summed E-state index contributed by atoms with van der Waals surface area (Å²) in [6, 6.07) is 0. The quantitative estimate of drug-likeness (QED) is 0.508. The zero-order chi connectivity index (χ0) is 21.7. The molecule has 0 spiro atoms. The number of hydrogen-bond acceptors (Lipinski definition) is 9. The third-order valence-electron chi connectivity index (χ3n) is 4.01. The molecule has 0 aliphatic heterocycles. The van der Waals surface area contributed by atoms with Gasteiger partial charge in [-0.25, -0.2) is 9.59 Å². The van der Waals surface area contributed by atoms with Gasteiger partial charge >= 0.3 is 11.9 Å². The number of aromatic nitrogens is 1. The van der Waals surface area contributed by atoms with E-state index in [2.05, 4.69) is 10.5 Å². The highest BCUT2D eigenvalue weighted by atomic mass is 32.1. The van der Waals surface area contributed by atoms with Gasteiger partial charge in [0.05, 0.1) is 22.7 Å². The Kier molecular flexibility index (Phi) is 7.27. The average Bonchev–Trinajstić information content (AvgIpc) is 3.19. The molecule has 0 radical (unpaired) electrons. The standard InChI is InChI=1S/C19H22N2O7S/c1-6-12-15(11(5)28-21-12)19(25)27-8-13(23)20-17-14(18(24)26-7-2)9(3)16(29-17)10(4)22/h6-8H2,1-5H3,(H,20,23). The first-order chi connectivity index (χ1) is 13.7. The summed E-state index contributed by atoms with van der Waals surface area (Å²) in [5, 5.41) is 6.46. The number of aryl methyl sites for hydroxylation is 2. The monoisotopic (exact) mass is 422 g/mol. The minimum Gasteiger partial charge on any atom is -0.462 e. The van der Waals surface area contributed by atoms with Crippen molar-refractivity contribution in [3.05, 3.63) is 33.0 Å². The van der Waals surface area contributed by atoms with Crippen molar-refractivity contribution in [3.8, 4) is 0 Å². The summed E-state index contributed by atoms with van der Waals surface area (Å²) in [5.74, 6) is -1.97. The van der Waals surface area contributed by atoms with Gasteiger partial charge in [0.2, 0.25) is 0 Å². The van der Waals surface area contributed by atoms with E-state index in [9.17, 15) is 19.2 Å². The molecular weight excluding hydrogens is 400 g/mol. The molecule has 2 aromatic rings. The highest BCUT2D eigenvalue weighted by molar-refractivity contribution is 7.18. The lowest BCUT2D eigenvalue weighted by atomic mass is 10.1. The number of amides is 1. The van der Waals surface area contributed by atoms with Gasteiger partial charge in [0.15, 0.2) is 12.4 Å². The summed E-state index contributed by atoms with van der Waals surface area (Å²) in [4.78, 5) is 48.9. The van der Waals surface area contributed by atoms with Crippen LogP contribution in [0.4, 0.5) is 5.00 Å². The predicted molar refractivity (Wildman–Crippen MR) is 105 cm³/mol. The summed E-state index contributed by atoms with van der Waals surface area (Å²) < 4.78 is 15.0. The third kappa shape index (κ3) is 4.89. The van der Waals surface area contributed by atoms with Crippen LogP contribution >= 0.6 is 11.3 Å². The minimum atomic E-state index is -0.729. The van der Waals surface area contributed by atoms with Crippen LogP contribution in [0.5, 0.6) is 0 Å². The minimum absolute atomic E-state index is 0.116. The number of hydrogen-bond donors (Lipinski definition) is 1. The van der Waals surface area contributed by atoms with Crippen molar-refractivity contribution in [2.24, 2.45) is 0 Å². The van der Waals surface area contributed by atoms with Crippen LogP contribution in [0.15, 0.2) is 4.52 Å². The maximum Gasteiger partial charge on any atom is 0.344 e. The number of rotatable bonds is 8. The molecule has 2 heterocycles. The Balaban J connectivity index is 2.15. The van der Waals surface area contributed by atoms with Gasteiger partial charge in [0.25, 0.3) is 5.91 Å². The van der Waals surface area contributed by atoms with E-state index in [1.807, 2.05) is 6.92 Å². The van der Waals surface area contributed by atoms with Crippen LogP contribution in [0.25, 0.3) is 0 Å². The lowest BCUT2D eigenvalue weighted by Gasteiger charge is -2.08. The topological polar surface area (TPSA) is 125 Å². The molecule has 1 N–H and O–H groups in total. The fourth-order valence-electron chi connectivity index (χ4n) is 2.67. The number of Topliss-reactive ketones (excluding diaryl/α,β-unsaturated/α-hetero) is 1. The van der Waals surface area contributed by atoms with Crippen molar-refractivity contribution < 1.29 is 33.2 Å². The number of ether oxygens (including phenoxy) is 2. The van der Waals surface area contributed by atoms with Gasteiger partial charge < -0.3 is 19.3 Å². The largest absolute Gasteiger partial charge is 0.462 e. The Labute approximate surface area is 171 Å². The van der Waals surface area contributed by atoms with Gasteiger partial charge in [-0.1, -0.05) is 12.1 Å². The van der Waals surface area contributed by atoms with Crippen LogP contribution in [-0.4, -0.2) is 42.0 Å². The molecule has 0 aliphatic rings. The van der Waals surface area contributed by atoms with Crippen molar-refractivity contribution in [3.63, 3.8) is 0 Å². The van der Waals surface area contributed by atoms with E-state index in [0.29, 0.717) is 28.3 Å². The van der Waals surface area contributed by atoms with E-state index in [1.165, 1.54) is 6.92 Å². The van der Waals surface area contributed by atoms with Crippen molar-refractivity contribution in [2.75, 3.05) is 18.5 Å². The Hall–Kier alpha value is -3.01. The molecule has 29 heavy (non-hydrogen) atoms. The van der Waals surface area contributed by atoms with Gasteiger partial charge in [-0.15, -0.1) is 11.3 Å². The molecule has 0 aromatic carbocycles. The molecule has 10 heteroatoms. The van der Waals surface area contributed by atoms with Gasteiger partial charge in [-0.05, 0) is 39.7 Å². The van der Waals surface area contributed by atoms with E-state index in [4.69, 9.17) is 14.0 Å². The first kappa shape index (κ1) is 22.3. The summed E-state index contributed by atoms with van der Waals surface area (Å²) in [6.07, 6.45) is 0.471. The van der Waals surface area contributed by atoms with E-state index in [0.717, 1.165) is 11.3 Å². The molecule has 0 saturated carbocycles. The number of anilines is 1. The fraction of sp³-hybridized carbons (Fsp3) is 0.421. The van der Waals surface area contributed by atoms with Crippen LogP contribution < -0.4 is 5.32 Å². The summed E-state index contributed by atoms with van der Waals surface area (Å²) in [5.41, 5.74) is 1.18. The number of nitrogens with zero attached hydrogens (tertiary/aromatic N) is 1. The number of esters is 2. The molecule has 2 rings (SSSR count). The third-order valence-corrected chi connectivity index (χ3v) is 5.31. The van der Waals surface area contributed by atoms with Crippen molar-refractivity contribution >= 4 is 40.0 Å².